The number of hydrogen-bond donors (Lipinski definition) is 1. The molecule has 2 aromatic rings. The molecule has 5 rings (SSSR count). The Balaban J connectivity index is 1.43. The number of halogens is 3. The molecule has 0 saturated carbocycles. The molecule has 44 heavy (non-hydrogen) atoms. The van der Waals surface area contributed by atoms with Crippen molar-refractivity contribution in [2.45, 2.75) is 30.6 Å². The largest absolute Gasteiger partial charge is 0.494 e. The molecule has 1 saturated heterocycles. The van der Waals surface area contributed by atoms with E-state index >= 15 is 4.39 Å². The van der Waals surface area contributed by atoms with Crippen molar-refractivity contribution in [2.75, 3.05) is 72.4 Å². The molecule has 2 aliphatic heterocycles. The second-order valence-corrected chi connectivity index (χ2v) is 12.4. The van der Waals surface area contributed by atoms with E-state index in [1.165, 1.54) is 43.2 Å². The molecule has 0 radical (unpaired) electrons. The summed E-state index contributed by atoms with van der Waals surface area (Å²) in [6, 6.07) is 4.44. The van der Waals surface area contributed by atoms with E-state index in [4.69, 9.17) is 9.47 Å². The van der Waals surface area contributed by atoms with Crippen molar-refractivity contribution < 1.29 is 27.4 Å². The lowest BCUT2D eigenvalue weighted by Crippen LogP contribution is -2.51. The number of alkyl halides is 1. The fourth-order valence-electron chi connectivity index (χ4n) is 6.19. The number of nitrogens with zero attached hydrogens (tertiary/aromatic N) is 3. The van der Waals surface area contributed by atoms with Crippen molar-refractivity contribution in [3.05, 3.63) is 69.6 Å². The topological polar surface area (TPSA) is 76.0 Å². The number of aromatic nitrogens is 1. The average Bonchev–Trinajstić information content (AvgIpc) is 3.42. The van der Waals surface area contributed by atoms with E-state index < -0.39 is 23.7 Å². The van der Waals surface area contributed by atoms with Crippen molar-refractivity contribution in [2.24, 2.45) is 5.92 Å². The maximum absolute atomic E-state index is 15.6. The number of fused-ring (bicyclic) bond motifs is 1. The fourth-order valence-corrected chi connectivity index (χ4v) is 7.58. The van der Waals surface area contributed by atoms with Gasteiger partial charge < -0.3 is 14.8 Å². The van der Waals surface area contributed by atoms with Gasteiger partial charge in [-0.3, -0.25) is 24.0 Å². The van der Waals surface area contributed by atoms with Crippen LogP contribution in [-0.2, 0) is 16.0 Å². The first-order valence-electron chi connectivity index (χ1n) is 14.8. The summed E-state index contributed by atoms with van der Waals surface area (Å²) in [6.07, 6.45) is 2.51. The third kappa shape index (κ3) is 6.78. The van der Waals surface area contributed by atoms with Crippen LogP contribution in [0.5, 0.6) is 5.75 Å². The summed E-state index contributed by atoms with van der Waals surface area (Å²) >= 11 is 1.51. The highest BCUT2D eigenvalue weighted by atomic mass is 32.2. The highest BCUT2D eigenvalue weighted by Crippen LogP contribution is 2.42. The number of piperazine rings is 1. The van der Waals surface area contributed by atoms with Crippen molar-refractivity contribution in [1.29, 1.82) is 0 Å². The summed E-state index contributed by atoms with van der Waals surface area (Å²) < 4.78 is 57.3. The van der Waals surface area contributed by atoms with Crippen LogP contribution in [0, 0.1) is 18.7 Å². The minimum Gasteiger partial charge on any atom is -0.494 e. The summed E-state index contributed by atoms with van der Waals surface area (Å²) in [6.45, 7) is 6.42. The second kappa shape index (κ2) is 14.4. The van der Waals surface area contributed by atoms with Crippen LogP contribution >= 0.6 is 11.8 Å². The van der Waals surface area contributed by atoms with Crippen LogP contribution in [0.25, 0.3) is 11.1 Å². The highest BCUT2D eigenvalue weighted by molar-refractivity contribution is 7.99. The molecule has 1 fully saturated rings. The number of ether oxygens (including phenoxy) is 2. The molecule has 0 spiro atoms. The predicted molar refractivity (Wildman–Crippen MR) is 165 cm³/mol. The molecular weight excluding hydrogens is 593 g/mol. The molecule has 1 N–H and O–H groups in total. The van der Waals surface area contributed by atoms with Crippen molar-refractivity contribution in [1.82, 2.24) is 19.7 Å². The molecule has 1 amide bonds. The lowest BCUT2D eigenvalue weighted by molar-refractivity contribution is -0.122. The maximum atomic E-state index is 15.6. The van der Waals surface area contributed by atoms with Crippen LogP contribution < -0.4 is 15.6 Å². The molecule has 238 valence electrons. The van der Waals surface area contributed by atoms with Gasteiger partial charge in [0.15, 0.2) is 11.6 Å². The molecule has 8 nitrogen and oxygen atoms in total. The summed E-state index contributed by atoms with van der Waals surface area (Å²) in [5, 5.41) is 3.53. The number of allylic oxidation sites excluding steroid dienone is 4. The van der Waals surface area contributed by atoms with Gasteiger partial charge in [0, 0.05) is 63.6 Å². The summed E-state index contributed by atoms with van der Waals surface area (Å²) in [5.74, 6) is -1.65. The Bertz CT molecular complexity index is 1490. The number of methoxy groups -OCH3 is 2. The minimum absolute atomic E-state index is 0.0136. The number of amides is 1. The smallest absolute Gasteiger partial charge is 0.260 e. The van der Waals surface area contributed by atoms with E-state index in [9.17, 15) is 18.4 Å². The van der Waals surface area contributed by atoms with E-state index in [1.807, 2.05) is 0 Å². The molecular formula is C32H39F3N4O4S. The summed E-state index contributed by atoms with van der Waals surface area (Å²) in [5.41, 5.74) is 1.14. The predicted octanol–water partition coefficient (Wildman–Crippen LogP) is 3.92. The number of thioether (sulfide) groups is 1. The SMILES string of the molecule is COCCNC(=O)CN1CCN(CC2CSc3c(CC4C(F)=CC=CC4F)c(C)c(-c4cccc(OC)c4F)c(=O)n32)CC1. The van der Waals surface area contributed by atoms with E-state index in [0.29, 0.717) is 61.2 Å². The van der Waals surface area contributed by atoms with Gasteiger partial charge in [-0.25, -0.2) is 13.2 Å². The van der Waals surface area contributed by atoms with Crippen LogP contribution in [0.3, 0.4) is 0 Å². The second-order valence-electron chi connectivity index (χ2n) is 11.4. The lowest BCUT2D eigenvalue weighted by Gasteiger charge is -2.35. The molecule has 1 aromatic carbocycles. The Morgan fingerprint density at radius 2 is 1.89 bits per heavy atom. The number of hydrogen-bond acceptors (Lipinski definition) is 7. The minimum atomic E-state index is -1.51. The first kappa shape index (κ1) is 32.3. The van der Waals surface area contributed by atoms with Gasteiger partial charge in [0.2, 0.25) is 5.91 Å². The van der Waals surface area contributed by atoms with Crippen molar-refractivity contribution in [3.8, 4) is 16.9 Å². The first-order chi connectivity index (χ1) is 21.2. The van der Waals surface area contributed by atoms with Crippen molar-refractivity contribution >= 4 is 17.7 Å². The van der Waals surface area contributed by atoms with E-state index in [-0.39, 0.29) is 40.8 Å². The molecule has 0 bridgehead atoms. The Morgan fingerprint density at radius 1 is 1.14 bits per heavy atom. The van der Waals surface area contributed by atoms with Crippen LogP contribution in [0.2, 0.25) is 0 Å². The van der Waals surface area contributed by atoms with Crippen molar-refractivity contribution in [3.63, 3.8) is 0 Å². The van der Waals surface area contributed by atoms with Gasteiger partial charge in [-0.15, -0.1) is 11.8 Å². The number of carbonyl (C=O) groups is 1. The van der Waals surface area contributed by atoms with Gasteiger partial charge in [-0.05, 0) is 42.7 Å². The normalized spacial score (nSPS) is 22.1. The third-order valence-electron chi connectivity index (χ3n) is 8.61. The van der Waals surface area contributed by atoms with E-state index in [0.717, 1.165) is 13.1 Å². The Kier molecular flexibility index (Phi) is 10.6. The monoisotopic (exact) mass is 632 g/mol. The Labute approximate surface area is 259 Å². The van der Waals surface area contributed by atoms with Gasteiger partial charge in [-0.1, -0.05) is 18.2 Å². The first-order valence-corrected chi connectivity index (χ1v) is 15.8. The number of rotatable bonds is 11. The highest BCUT2D eigenvalue weighted by Gasteiger charge is 2.36. The molecule has 1 aromatic heterocycles. The quantitative estimate of drug-likeness (QED) is 0.377. The zero-order chi connectivity index (χ0) is 31.4. The van der Waals surface area contributed by atoms with Gasteiger partial charge in [0.25, 0.3) is 5.56 Å². The summed E-state index contributed by atoms with van der Waals surface area (Å²) in [7, 11) is 2.95. The standard InChI is InChI=1S/C32H39F3N4O4S/c1-20-23(16-24-25(33)7-5-8-26(24)34)32-39(31(41)29(20)22-6-4-9-27(43-3)30(22)35)21(19-44-32)17-37-11-13-38(14-12-37)18-28(40)36-10-15-42-2/h4-9,21,24-25H,10-19H2,1-3H3,(H,36,40). The number of pyridine rings is 1. The zero-order valence-electron chi connectivity index (χ0n) is 25.3. The molecule has 12 heteroatoms. The van der Waals surface area contributed by atoms with Crippen LogP contribution in [0.1, 0.15) is 17.2 Å². The number of benzene rings is 1. The van der Waals surface area contributed by atoms with E-state index in [1.54, 1.807) is 30.7 Å². The maximum Gasteiger partial charge on any atom is 0.260 e. The van der Waals surface area contributed by atoms with Gasteiger partial charge >= 0.3 is 0 Å². The van der Waals surface area contributed by atoms with E-state index in [2.05, 4.69) is 15.1 Å². The fraction of sp³-hybridized carbons (Fsp3) is 0.500. The Hall–Kier alpha value is -3.06. The van der Waals surface area contributed by atoms with Crippen LogP contribution in [0.4, 0.5) is 13.2 Å². The lowest BCUT2D eigenvalue weighted by atomic mass is 9.87. The van der Waals surface area contributed by atoms with Gasteiger partial charge in [0.1, 0.15) is 12.0 Å². The van der Waals surface area contributed by atoms with Gasteiger partial charge in [-0.2, -0.15) is 0 Å². The van der Waals surface area contributed by atoms with Crippen LogP contribution in [0.15, 0.2) is 52.1 Å². The average molecular weight is 633 g/mol. The summed E-state index contributed by atoms with van der Waals surface area (Å²) in [4.78, 5) is 30.8. The zero-order valence-corrected chi connectivity index (χ0v) is 26.1. The molecule has 3 atom stereocenters. The Morgan fingerprint density at radius 3 is 2.59 bits per heavy atom. The third-order valence-corrected chi connectivity index (χ3v) is 9.88. The number of carbonyl (C=O) groups excluding carboxylic acids is 1. The molecule has 1 aliphatic carbocycles. The number of nitrogens with one attached hydrogen (secondary N) is 1. The molecule has 3 heterocycles. The van der Waals surface area contributed by atoms with Crippen LogP contribution in [-0.4, -0.2) is 98.8 Å². The molecule has 3 aliphatic rings. The molecule has 3 unspecified atom stereocenters. The van der Waals surface area contributed by atoms with Gasteiger partial charge in [0.05, 0.1) is 36.9 Å².